The fourth-order valence-electron chi connectivity index (χ4n) is 10.4. The van der Waals surface area contributed by atoms with Crippen LogP contribution in [0.2, 0.25) is 0 Å². The largest absolute Gasteiger partial charge is 0.462 e. The number of fused-ring (bicyclic) bond motifs is 7. The Morgan fingerprint density at radius 3 is 2.34 bits per heavy atom. The van der Waals surface area contributed by atoms with Crippen LogP contribution in [0.5, 0.6) is 0 Å². The van der Waals surface area contributed by atoms with Crippen LogP contribution in [0.1, 0.15) is 105 Å². The molecule has 0 spiro atoms. The Labute approximate surface area is 213 Å². The molecular formula is C31H48O4. The molecule has 35 heavy (non-hydrogen) atoms. The average Bonchev–Trinajstić information content (AvgIpc) is 3.26. The van der Waals surface area contributed by atoms with E-state index in [2.05, 4.69) is 39.0 Å². The predicted molar refractivity (Wildman–Crippen MR) is 139 cm³/mol. The zero-order chi connectivity index (χ0) is 25.6. The van der Waals surface area contributed by atoms with Crippen LogP contribution in [0.25, 0.3) is 0 Å². The first-order valence-corrected chi connectivity index (χ1v) is 14.2. The van der Waals surface area contributed by atoms with Crippen molar-refractivity contribution in [2.45, 2.75) is 105 Å². The minimum atomic E-state index is -0.264. The highest BCUT2D eigenvalue weighted by Crippen LogP contribution is 2.75. The van der Waals surface area contributed by atoms with E-state index in [0.717, 1.165) is 37.5 Å². The van der Waals surface area contributed by atoms with Crippen molar-refractivity contribution in [1.29, 1.82) is 0 Å². The van der Waals surface area contributed by atoms with Gasteiger partial charge < -0.3 is 9.53 Å². The molecule has 0 bridgehead atoms. The van der Waals surface area contributed by atoms with Gasteiger partial charge in [-0.05, 0) is 97.7 Å². The maximum atomic E-state index is 12.5. The molecule has 4 heteroatoms. The normalized spacial score (nSPS) is 48.1. The second-order valence-corrected chi connectivity index (χ2v) is 13.4. The van der Waals surface area contributed by atoms with Gasteiger partial charge in [0.2, 0.25) is 0 Å². The summed E-state index contributed by atoms with van der Waals surface area (Å²) in [4.78, 5) is 34.6. The van der Waals surface area contributed by atoms with Crippen LogP contribution in [0.3, 0.4) is 0 Å². The molecule has 5 aliphatic carbocycles. The molecule has 0 aromatic heterocycles. The minimum Gasteiger partial charge on any atom is -0.462 e. The highest BCUT2D eigenvalue weighted by atomic mass is 16.5. The number of hydrogen-bond acceptors (Lipinski definition) is 4. The van der Waals surface area contributed by atoms with Crippen molar-refractivity contribution in [2.24, 2.45) is 51.2 Å². The standard InChI is InChI=1S/C26H40O2.C5H8O2/c1-17-18-9-13-25(4)22(23(18,2)12-10-21(17)28)8-7-19-20-6-5-11-26(20,16-27)15-14-24(19,25)3;1-3-4-7-5(2)6/h16-20,22H,5-15H2,1-4H3;3H,1,4H2,2H3/t17?,18?,19?,20?,22?,23?,24-,25?,26?;/m1./s1. The van der Waals surface area contributed by atoms with Crippen molar-refractivity contribution >= 4 is 18.0 Å². The van der Waals surface area contributed by atoms with E-state index >= 15 is 0 Å². The molecule has 4 nitrogen and oxygen atoms in total. The van der Waals surface area contributed by atoms with Gasteiger partial charge in [-0.15, -0.1) is 0 Å². The first-order valence-electron chi connectivity index (χ1n) is 14.2. The fourth-order valence-corrected chi connectivity index (χ4v) is 10.4. The van der Waals surface area contributed by atoms with Crippen molar-refractivity contribution in [3.05, 3.63) is 12.7 Å². The Morgan fingerprint density at radius 2 is 1.71 bits per heavy atom. The third-order valence-electron chi connectivity index (χ3n) is 12.4. The van der Waals surface area contributed by atoms with Gasteiger partial charge in [0.05, 0.1) is 0 Å². The molecule has 0 amide bonds. The maximum Gasteiger partial charge on any atom is 0.302 e. The summed E-state index contributed by atoms with van der Waals surface area (Å²) in [6.07, 6.45) is 16.1. The number of ketones is 1. The van der Waals surface area contributed by atoms with E-state index in [1.165, 1.54) is 64.2 Å². The second-order valence-electron chi connectivity index (χ2n) is 13.4. The van der Waals surface area contributed by atoms with Gasteiger partial charge in [0, 0.05) is 24.7 Å². The van der Waals surface area contributed by atoms with Crippen LogP contribution in [0.4, 0.5) is 0 Å². The van der Waals surface area contributed by atoms with Gasteiger partial charge in [-0.1, -0.05) is 46.8 Å². The zero-order valence-electron chi connectivity index (χ0n) is 22.9. The highest BCUT2D eigenvalue weighted by molar-refractivity contribution is 5.82. The van der Waals surface area contributed by atoms with E-state index in [4.69, 9.17) is 0 Å². The molecule has 0 radical (unpaired) electrons. The molecule has 0 N–H and O–H groups in total. The molecule has 5 fully saturated rings. The van der Waals surface area contributed by atoms with Crippen molar-refractivity contribution < 1.29 is 19.1 Å². The number of esters is 1. The summed E-state index contributed by atoms with van der Waals surface area (Å²) >= 11 is 0. The van der Waals surface area contributed by atoms with Crippen LogP contribution in [-0.4, -0.2) is 24.6 Å². The monoisotopic (exact) mass is 484 g/mol. The van der Waals surface area contributed by atoms with Crippen molar-refractivity contribution in [2.75, 3.05) is 6.61 Å². The lowest BCUT2D eigenvalue weighted by molar-refractivity contribution is -0.222. The second kappa shape index (κ2) is 9.45. The van der Waals surface area contributed by atoms with E-state index in [1.54, 1.807) is 0 Å². The van der Waals surface area contributed by atoms with Crippen molar-refractivity contribution in [1.82, 2.24) is 0 Å². The SMILES string of the molecule is C=CCOC(C)=O.CC1C(=O)CCC2(C)C1CCC1(C)C2CCC2C3CCCC3(C=O)CC[C@]21C. The summed E-state index contributed by atoms with van der Waals surface area (Å²) in [5.74, 6) is 3.23. The number of carbonyl (C=O) groups excluding carboxylic acids is 3. The maximum absolute atomic E-state index is 12.5. The summed E-state index contributed by atoms with van der Waals surface area (Å²) in [7, 11) is 0. The van der Waals surface area contributed by atoms with Gasteiger partial charge in [-0.25, -0.2) is 0 Å². The molecule has 5 rings (SSSR count). The third kappa shape index (κ3) is 3.96. The first kappa shape index (κ1) is 26.6. The molecule has 0 saturated heterocycles. The lowest BCUT2D eigenvalue weighted by atomic mass is 9.33. The Balaban J connectivity index is 0.000000364. The topological polar surface area (TPSA) is 60.4 Å². The zero-order valence-corrected chi connectivity index (χ0v) is 22.9. The molecule has 9 atom stereocenters. The molecule has 0 heterocycles. The van der Waals surface area contributed by atoms with Crippen LogP contribution < -0.4 is 0 Å². The summed E-state index contributed by atoms with van der Waals surface area (Å²) in [6.45, 7) is 15.1. The predicted octanol–water partition coefficient (Wildman–Crippen LogP) is 6.96. The van der Waals surface area contributed by atoms with Crippen LogP contribution in [0, 0.1) is 51.2 Å². The summed E-state index contributed by atoms with van der Waals surface area (Å²) < 4.78 is 4.43. The van der Waals surface area contributed by atoms with Crippen LogP contribution in [-0.2, 0) is 19.1 Å². The summed E-state index contributed by atoms with van der Waals surface area (Å²) in [5, 5.41) is 0. The molecule has 0 aliphatic heterocycles. The number of rotatable bonds is 3. The van der Waals surface area contributed by atoms with Crippen LogP contribution >= 0.6 is 0 Å². The van der Waals surface area contributed by atoms with Gasteiger partial charge in [-0.3, -0.25) is 9.59 Å². The number of ether oxygens (including phenoxy) is 1. The van der Waals surface area contributed by atoms with Gasteiger partial charge >= 0.3 is 5.97 Å². The number of aldehydes is 1. The summed E-state index contributed by atoms with van der Waals surface area (Å²) in [6, 6.07) is 0. The Morgan fingerprint density at radius 1 is 0.971 bits per heavy atom. The van der Waals surface area contributed by atoms with Crippen molar-refractivity contribution in [3.8, 4) is 0 Å². The van der Waals surface area contributed by atoms with Gasteiger partial charge in [0.1, 0.15) is 18.7 Å². The Hall–Kier alpha value is -1.45. The minimum absolute atomic E-state index is 0.0141. The van der Waals surface area contributed by atoms with E-state index in [0.29, 0.717) is 40.5 Å². The van der Waals surface area contributed by atoms with E-state index < -0.39 is 0 Å². The van der Waals surface area contributed by atoms with Crippen LogP contribution in [0.15, 0.2) is 12.7 Å². The van der Waals surface area contributed by atoms with Crippen molar-refractivity contribution in [3.63, 3.8) is 0 Å². The van der Waals surface area contributed by atoms with E-state index in [-0.39, 0.29) is 17.3 Å². The Kier molecular flexibility index (Phi) is 7.19. The number of Topliss-reactive ketones (excluding diaryl/α,β-unsaturated/α-hetero) is 1. The molecule has 0 aromatic rings. The van der Waals surface area contributed by atoms with E-state index in [9.17, 15) is 14.4 Å². The molecule has 5 aliphatic rings. The lowest BCUT2D eigenvalue weighted by Gasteiger charge is -2.71. The number of hydrogen-bond donors (Lipinski definition) is 0. The first-order chi connectivity index (χ1) is 16.5. The fraction of sp³-hybridized carbons (Fsp3) is 0.839. The molecular weight excluding hydrogens is 436 g/mol. The van der Waals surface area contributed by atoms with Gasteiger partial charge in [-0.2, -0.15) is 0 Å². The highest BCUT2D eigenvalue weighted by Gasteiger charge is 2.68. The number of carbonyl (C=O) groups is 3. The quantitative estimate of drug-likeness (QED) is 0.247. The smallest absolute Gasteiger partial charge is 0.302 e. The molecule has 8 unspecified atom stereocenters. The lowest BCUT2D eigenvalue weighted by Crippen LogP contribution is -2.64. The van der Waals surface area contributed by atoms with Gasteiger partial charge in [0.15, 0.2) is 0 Å². The van der Waals surface area contributed by atoms with Gasteiger partial charge in [0.25, 0.3) is 0 Å². The molecule has 0 aromatic carbocycles. The average molecular weight is 485 g/mol. The summed E-state index contributed by atoms with van der Waals surface area (Å²) in [5.41, 5.74) is 1.10. The van der Waals surface area contributed by atoms with E-state index in [1.807, 2.05) is 0 Å². The third-order valence-corrected chi connectivity index (χ3v) is 12.4. The molecule has 196 valence electrons. The molecule has 5 saturated carbocycles. The Bertz CT molecular complexity index is 864.